The van der Waals surface area contributed by atoms with Crippen molar-refractivity contribution in [3.05, 3.63) is 131 Å². The number of halogens is 2. The van der Waals surface area contributed by atoms with Crippen molar-refractivity contribution in [2.75, 3.05) is 0 Å². The molecule has 0 aromatic heterocycles. The lowest BCUT2D eigenvalue weighted by Gasteiger charge is -2.04. The van der Waals surface area contributed by atoms with E-state index >= 15 is 0 Å². The fraction of sp³-hybridized carbons (Fsp3) is 0.0625. The Morgan fingerprint density at radius 3 is 1.26 bits per heavy atom. The molecular weight excluding hydrogens is 422 g/mol. The first kappa shape index (κ1) is 22.8. The summed E-state index contributed by atoms with van der Waals surface area (Å²) in [7, 11) is 0. The van der Waals surface area contributed by atoms with Gasteiger partial charge < -0.3 is 0 Å². The molecule has 0 nitrogen and oxygen atoms in total. The van der Waals surface area contributed by atoms with Gasteiger partial charge in [0.25, 0.3) is 0 Å². The normalized spacial score (nSPS) is 9.88. The molecule has 0 aliphatic heterocycles. The van der Waals surface area contributed by atoms with Gasteiger partial charge in [-0.2, -0.15) is 0 Å². The zero-order valence-corrected chi connectivity index (χ0v) is 19.0. The van der Waals surface area contributed by atoms with Crippen molar-refractivity contribution < 1.29 is 8.78 Å². The Hall–Kier alpha value is -4.40. The molecule has 0 spiro atoms. The lowest BCUT2D eigenvalue weighted by atomic mass is 10.00. The average Bonchev–Trinajstić information content (AvgIpc) is 2.87. The van der Waals surface area contributed by atoms with Crippen LogP contribution in [-0.2, 0) is 0 Å². The summed E-state index contributed by atoms with van der Waals surface area (Å²) in [6.07, 6.45) is 0. The summed E-state index contributed by atoms with van der Waals surface area (Å²) in [5.41, 5.74) is 2.42. The van der Waals surface area contributed by atoms with E-state index in [-0.39, 0.29) is 11.6 Å². The van der Waals surface area contributed by atoms with Gasteiger partial charge in [0.2, 0.25) is 0 Å². The highest BCUT2D eigenvalue weighted by Crippen LogP contribution is 2.25. The molecule has 0 unspecified atom stereocenters. The summed E-state index contributed by atoms with van der Waals surface area (Å²) in [5.74, 6) is 11.3. The molecule has 0 atom stereocenters. The van der Waals surface area contributed by atoms with E-state index in [1.165, 1.54) is 12.1 Å². The van der Waals surface area contributed by atoms with Gasteiger partial charge in [0.15, 0.2) is 0 Å². The number of fused-ring (bicyclic) bond motifs is 2. The van der Waals surface area contributed by atoms with Crippen molar-refractivity contribution in [2.24, 2.45) is 0 Å². The van der Waals surface area contributed by atoms with Crippen molar-refractivity contribution in [1.82, 2.24) is 0 Å². The summed E-state index contributed by atoms with van der Waals surface area (Å²) in [5, 5.41) is 4.27. The SMILES string of the molecule is CC.Fc1ccccc1C#Cc1ccc2cc3cc(C#Cc4ccccc4F)ccc3cc2c1. The lowest BCUT2D eigenvalue weighted by Crippen LogP contribution is -1.84. The third kappa shape index (κ3) is 5.15. The summed E-state index contributed by atoms with van der Waals surface area (Å²) in [4.78, 5) is 0. The van der Waals surface area contributed by atoms with Gasteiger partial charge in [-0.05, 0) is 82.2 Å². The van der Waals surface area contributed by atoms with E-state index in [2.05, 4.69) is 35.8 Å². The molecule has 5 rings (SSSR count). The molecule has 5 aromatic rings. The maximum atomic E-state index is 13.8. The molecule has 0 saturated heterocycles. The minimum Gasteiger partial charge on any atom is -0.206 e. The highest BCUT2D eigenvalue weighted by molar-refractivity contribution is 5.99. The van der Waals surface area contributed by atoms with Crippen LogP contribution in [0.1, 0.15) is 36.1 Å². The molecule has 0 radical (unpaired) electrons. The molecular formula is C32H22F2. The van der Waals surface area contributed by atoms with Gasteiger partial charge in [0, 0.05) is 11.1 Å². The lowest BCUT2D eigenvalue weighted by molar-refractivity contribution is 0.624. The Balaban J connectivity index is 0.00000133. The van der Waals surface area contributed by atoms with Crippen LogP contribution >= 0.6 is 0 Å². The van der Waals surface area contributed by atoms with Gasteiger partial charge in [-0.15, -0.1) is 0 Å². The second-order valence-electron chi connectivity index (χ2n) is 7.44. The van der Waals surface area contributed by atoms with E-state index in [4.69, 9.17) is 0 Å². The highest BCUT2D eigenvalue weighted by atomic mass is 19.1. The van der Waals surface area contributed by atoms with Crippen LogP contribution in [0.2, 0.25) is 0 Å². The van der Waals surface area contributed by atoms with Crippen molar-refractivity contribution in [2.45, 2.75) is 13.8 Å². The molecule has 34 heavy (non-hydrogen) atoms. The summed E-state index contributed by atoms with van der Waals surface area (Å²) >= 11 is 0. The molecule has 0 aliphatic carbocycles. The minimum atomic E-state index is -0.319. The van der Waals surface area contributed by atoms with Crippen LogP contribution < -0.4 is 0 Å². The largest absolute Gasteiger partial charge is 0.206 e. The predicted octanol–water partition coefficient (Wildman–Crippen LogP) is 8.10. The Bertz CT molecular complexity index is 1480. The maximum absolute atomic E-state index is 13.8. The van der Waals surface area contributed by atoms with Crippen LogP contribution in [0.25, 0.3) is 21.5 Å². The Morgan fingerprint density at radius 1 is 0.441 bits per heavy atom. The van der Waals surface area contributed by atoms with E-state index in [0.29, 0.717) is 11.1 Å². The predicted molar refractivity (Wildman–Crippen MR) is 138 cm³/mol. The standard InChI is InChI=1S/C30H16F2.C2H6/c31-29-7-3-1-5-23(29)13-9-21-11-15-25-20-28-18-22(12-16-26(28)19-27(25)17-21)10-14-24-6-2-4-8-30(24)32;1-2/h1-8,11-12,15-20H;1-2H3. The zero-order chi connectivity index (χ0) is 23.9. The first-order valence-corrected chi connectivity index (χ1v) is 11.2. The highest BCUT2D eigenvalue weighted by Gasteiger charge is 2.02. The molecule has 5 aromatic carbocycles. The molecule has 0 saturated carbocycles. The Labute approximate surface area is 198 Å². The first-order valence-electron chi connectivity index (χ1n) is 11.2. The van der Waals surface area contributed by atoms with Gasteiger partial charge in [0.1, 0.15) is 11.6 Å². The average molecular weight is 445 g/mol. The maximum Gasteiger partial charge on any atom is 0.138 e. The number of hydrogen-bond donors (Lipinski definition) is 0. The third-order valence-electron chi connectivity index (χ3n) is 5.23. The topological polar surface area (TPSA) is 0 Å². The van der Waals surface area contributed by atoms with E-state index < -0.39 is 0 Å². The van der Waals surface area contributed by atoms with Gasteiger partial charge in [0.05, 0.1) is 11.1 Å². The van der Waals surface area contributed by atoms with Gasteiger partial charge in [-0.1, -0.05) is 73.9 Å². The quantitative estimate of drug-likeness (QED) is 0.167. The second kappa shape index (κ2) is 10.5. The smallest absolute Gasteiger partial charge is 0.138 e. The minimum absolute atomic E-state index is 0.319. The molecule has 0 bridgehead atoms. The van der Waals surface area contributed by atoms with Crippen LogP contribution in [0, 0.1) is 35.3 Å². The van der Waals surface area contributed by atoms with E-state index in [1.807, 2.05) is 50.2 Å². The molecule has 0 aliphatic rings. The molecule has 0 N–H and O–H groups in total. The van der Waals surface area contributed by atoms with Crippen molar-refractivity contribution in [1.29, 1.82) is 0 Å². The second-order valence-corrected chi connectivity index (χ2v) is 7.44. The number of benzene rings is 5. The monoisotopic (exact) mass is 444 g/mol. The third-order valence-corrected chi connectivity index (χ3v) is 5.23. The summed E-state index contributed by atoms with van der Waals surface area (Å²) in [6, 6.07) is 29.1. The number of rotatable bonds is 0. The van der Waals surface area contributed by atoms with Crippen molar-refractivity contribution in [3.8, 4) is 23.7 Å². The van der Waals surface area contributed by atoms with Crippen LogP contribution in [0.4, 0.5) is 8.78 Å². The van der Waals surface area contributed by atoms with Crippen molar-refractivity contribution in [3.63, 3.8) is 0 Å². The van der Waals surface area contributed by atoms with E-state index in [0.717, 1.165) is 32.7 Å². The van der Waals surface area contributed by atoms with E-state index in [1.54, 1.807) is 36.4 Å². The Kier molecular flexibility index (Phi) is 7.02. The molecule has 2 heteroatoms. The van der Waals surface area contributed by atoms with E-state index in [9.17, 15) is 8.78 Å². The first-order chi connectivity index (χ1) is 16.7. The fourth-order valence-electron chi connectivity index (χ4n) is 3.56. The van der Waals surface area contributed by atoms with Gasteiger partial charge in [-0.3, -0.25) is 0 Å². The van der Waals surface area contributed by atoms with Crippen molar-refractivity contribution >= 4 is 21.5 Å². The fourth-order valence-corrected chi connectivity index (χ4v) is 3.56. The molecule has 164 valence electrons. The number of hydrogen-bond acceptors (Lipinski definition) is 0. The van der Waals surface area contributed by atoms with Gasteiger partial charge in [-0.25, -0.2) is 8.78 Å². The van der Waals surface area contributed by atoms with Crippen LogP contribution in [0.15, 0.2) is 97.1 Å². The van der Waals surface area contributed by atoms with Crippen LogP contribution in [-0.4, -0.2) is 0 Å². The molecule has 0 heterocycles. The summed E-state index contributed by atoms with van der Waals surface area (Å²) in [6.45, 7) is 4.00. The molecule has 0 fully saturated rings. The zero-order valence-electron chi connectivity index (χ0n) is 19.0. The van der Waals surface area contributed by atoms with Gasteiger partial charge >= 0.3 is 0 Å². The van der Waals surface area contributed by atoms with Crippen LogP contribution in [0.3, 0.4) is 0 Å². The summed E-state index contributed by atoms with van der Waals surface area (Å²) < 4.78 is 27.6. The Morgan fingerprint density at radius 2 is 0.853 bits per heavy atom. The molecule has 0 amide bonds. The van der Waals surface area contributed by atoms with Crippen LogP contribution in [0.5, 0.6) is 0 Å².